The van der Waals surface area contributed by atoms with Crippen LogP contribution >= 0.6 is 0 Å². The SMILES string of the molecule is O=C(NC(Cc1ccccc1)C(=O)N1CCCC1)c1ccc(F)cc1F. The summed E-state index contributed by atoms with van der Waals surface area (Å²) in [4.78, 5) is 27.0. The zero-order valence-electron chi connectivity index (χ0n) is 14.3. The molecule has 1 heterocycles. The summed E-state index contributed by atoms with van der Waals surface area (Å²) in [7, 11) is 0. The number of likely N-dealkylation sites (tertiary alicyclic amines) is 1. The molecule has 1 saturated heterocycles. The number of benzene rings is 2. The molecule has 4 nitrogen and oxygen atoms in total. The molecule has 1 fully saturated rings. The van der Waals surface area contributed by atoms with Crippen LogP contribution in [0.25, 0.3) is 0 Å². The average Bonchev–Trinajstić information content (AvgIpc) is 3.16. The zero-order valence-corrected chi connectivity index (χ0v) is 14.3. The molecule has 26 heavy (non-hydrogen) atoms. The second kappa shape index (κ2) is 8.08. The highest BCUT2D eigenvalue weighted by atomic mass is 19.1. The quantitative estimate of drug-likeness (QED) is 0.893. The Balaban J connectivity index is 1.80. The van der Waals surface area contributed by atoms with Gasteiger partial charge < -0.3 is 10.2 Å². The van der Waals surface area contributed by atoms with Crippen molar-refractivity contribution >= 4 is 11.8 Å². The average molecular weight is 358 g/mol. The maximum atomic E-state index is 13.9. The molecule has 0 aromatic heterocycles. The van der Waals surface area contributed by atoms with E-state index in [-0.39, 0.29) is 11.5 Å². The highest BCUT2D eigenvalue weighted by Gasteiger charge is 2.29. The largest absolute Gasteiger partial charge is 0.341 e. The Hall–Kier alpha value is -2.76. The number of hydrogen-bond acceptors (Lipinski definition) is 2. The first-order chi connectivity index (χ1) is 12.5. The number of carbonyl (C=O) groups is 2. The molecule has 1 N–H and O–H groups in total. The third kappa shape index (κ3) is 4.25. The summed E-state index contributed by atoms with van der Waals surface area (Å²) in [5.41, 5.74) is 0.614. The van der Waals surface area contributed by atoms with Crippen molar-refractivity contribution in [1.29, 1.82) is 0 Å². The van der Waals surface area contributed by atoms with Gasteiger partial charge in [0.15, 0.2) is 0 Å². The first-order valence-corrected chi connectivity index (χ1v) is 8.63. The summed E-state index contributed by atoms with van der Waals surface area (Å²) < 4.78 is 26.9. The minimum Gasteiger partial charge on any atom is -0.341 e. The smallest absolute Gasteiger partial charge is 0.254 e. The maximum Gasteiger partial charge on any atom is 0.254 e. The van der Waals surface area contributed by atoms with E-state index in [9.17, 15) is 18.4 Å². The van der Waals surface area contributed by atoms with Crippen molar-refractivity contribution in [2.75, 3.05) is 13.1 Å². The van der Waals surface area contributed by atoms with Gasteiger partial charge in [-0.15, -0.1) is 0 Å². The summed E-state index contributed by atoms with van der Waals surface area (Å²) in [6, 6.07) is 11.3. The Morgan fingerprint density at radius 3 is 2.38 bits per heavy atom. The molecule has 1 aliphatic rings. The molecule has 1 aliphatic heterocycles. The van der Waals surface area contributed by atoms with Gasteiger partial charge in [-0.1, -0.05) is 30.3 Å². The van der Waals surface area contributed by atoms with Gasteiger partial charge in [0, 0.05) is 25.6 Å². The number of halogens is 2. The number of hydrogen-bond donors (Lipinski definition) is 1. The Kier molecular flexibility index (Phi) is 5.61. The monoisotopic (exact) mass is 358 g/mol. The minimum atomic E-state index is -0.949. The molecule has 1 unspecified atom stereocenters. The zero-order chi connectivity index (χ0) is 18.5. The fourth-order valence-electron chi connectivity index (χ4n) is 3.12. The van der Waals surface area contributed by atoms with Crippen molar-refractivity contribution in [2.24, 2.45) is 0 Å². The fraction of sp³-hybridized carbons (Fsp3) is 0.300. The predicted octanol–water partition coefficient (Wildman–Crippen LogP) is 2.93. The topological polar surface area (TPSA) is 49.4 Å². The number of amides is 2. The first kappa shape index (κ1) is 18.0. The fourth-order valence-corrected chi connectivity index (χ4v) is 3.12. The van der Waals surface area contributed by atoms with Gasteiger partial charge in [-0.3, -0.25) is 9.59 Å². The Morgan fingerprint density at radius 2 is 1.73 bits per heavy atom. The molecule has 3 rings (SSSR count). The van der Waals surface area contributed by atoms with E-state index in [1.165, 1.54) is 0 Å². The van der Waals surface area contributed by atoms with Crippen LogP contribution in [0.3, 0.4) is 0 Å². The molecule has 0 aliphatic carbocycles. The van der Waals surface area contributed by atoms with Crippen LogP contribution in [-0.4, -0.2) is 35.8 Å². The number of nitrogens with zero attached hydrogens (tertiary/aromatic N) is 1. The van der Waals surface area contributed by atoms with Crippen molar-refractivity contribution in [3.8, 4) is 0 Å². The third-order valence-electron chi connectivity index (χ3n) is 4.48. The van der Waals surface area contributed by atoms with Crippen molar-refractivity contribution in [3.05, 3.63) is 71.3 Å². The molecule has 0 radical (unpaired) electrons. The molecule has 6 heteroatoms. The molecule has 0 spiro atoms. The van der Waals surface area contributed by atoms with Gasteiger partial charge in [0.25, 0.3) is 5.91 Å². The van der Waals surface area contributed by atoms with Crippen molar-refractivity contribution in [2.45, 2.75) is 25.3 Å². The van der Waals surface area contributed by atoms with Gasteiger partial charge in [-0.25, -0.2) is 8.78 Å². The molecule has 0 saturated carbocycles. The Labute approximate surface area is 150 Å². The molecular weight excluding hydrogens is 338 g/mol. The van der Waals surface area contributed by atoms with Gasteiger partial charge in [0.1, 0.15) is 17.7 Å². The van der Waals surface area contributed by atoms with Gasteiger partial charge >= 0.3 is 0 Å². The van der Waals surface area contributed by atoms with Gasteiger partial charge in [0.2, 0.25) is 5.91 Å². The minimum absolute atomic E-state index is 0.178. The van der Waals surface area contributed by atoms with Gasteiger partial charge in [0.05, 0.1) is 5.56 Å². The molecule has 2 aromatic carbocycles. The second-order valence-electron chi connectivity index (χ2n) is 6.37. The van der Waals surface area contributed by atoms with E-state index >= 15 is 0 Å². The van der Waals surface area contributed by atoms with Crippen LogP contribution in [0.1, 0.15) is 28.8 Å². The van der Waals surface area contributed by atoms with Crippen LogP contribution in [0.4, 0.5) is 8.78 Å². The number of carbonyl (C=O) groups excluding carboxylic acids is 2. The lowest BCUT2D eigenvalue weighted by Crippen LogP contribution is -2.49. The van der Waals surface area contributed by atoms with Crippen LogP contribution in [0.5, 0.6) is 0 Å². The summed E-state index contributed by atoms with van der Waals surface area (Å²) in [5, 5.41) is 2.63. The molecular formula is C20H20F2N2O2. The molecule has 2 aromatic rings. The van der Waals surface area contributed by atoms with Crippen molar-refractivity contribution < 1.29 is 18.4 Å². The number of rotatable bonds is 5. The lowest BCUT2D eigenvalue weighted by Gasteiger charge is -2.24. The van der Waals surface area contributed by atoms with E-state index in [0.29, 0.717) is 25.6 Å². The lowest BCUT2D eigenvalue weighted by molar-refractivity contribution is -0.132. The summed E-state index contributed by atoms with van der Waals surface area (Å²) in [6.07, 6.45) is 2.18. The standard InChI is InChI=1S/C20H20F2N2O2/c21-15-8-9-16(17(22)13-15)19(25)23-18(12-14-6-2-1-3-7-14)20(26)24-10-4-5-11-24/h1-3,6-9,13,18H,4-5,10-12H2,(H,23,25). The third-order valence-corrected chi connectivity index (χ3v) is 4.48. The summed E-state index contributed by atoms with van der Waals surface area (Å²) in [6.45, 7) is 1.32. The van der Waals surface area contributed by atoms with E-state index in [0.717, 1.165) is 30.5 Å². The summed E-state index contributed by atoms with van der Waals surface area (Å²) >= 11 is 0. The molecule has 136 valence electrons. The maximum absolute atomic E-state index is 13.9. The van der Waals surface area contributed by atoms with Crippen LogP contribution in [0.15, 0.2) is 48.5 Å². The molecule has 0 bridgehead atoms. The van der Waals surface area contributed by atoms with E-state index in [1.54, 1.807) is 4.90 Å². The van der Waals surface area contributed by atoms with Crippen LogP contribution in [0.2, 0.25) is 0 Å². The second-order valence-corrected chi connectivity index (χ2v) is 6.37. The van der Waals surface area contributed by atoms with E-state index in [2.05, 4.69) is 5.32 Å². The van der Waals surface area contributed by atoms with Crippen molar-refractivity contribution in [1.82, 2.24) is 10.2 Å². The van der Waals surface area contributed by atoms with Crippen molar-refractivity contribution in [3.63, 3.8) is 0 Å². The van der Waals surface area contributed by atoms with Gasteiger partial charge in [-0.05, 0) is 30.5 Å². The Morgan fingerprint density at radius 1 is 1.04 bits per heavy atom. The Bertz CT molecular complexity index is 790. The highest BCUT2D eigenvalue weighted by molar-refractivity contribution is 5.97. The first-order valence-electron chi connectivity index (χ1n) is 8.63. The van der Waals surface area contributed by atoms with E-state index < -0.39 is 23.6 Å². The van der Waals surface area contributed by atoms with E-state index in [4.69, 9.17) is 0 Å². The number of nitrogens with one attached hydrogen (secondary N) is 1. The molecule has 2 amide bonds. The normalized spacial score (nSPS) is 14.9. The predicted molar refractivity (Wildman–Crippen MR) is 93.6 cm³/mol. The van der Waals surface area contributed by atoms with Crippen LogP contribution in [0, 0.1) is 11.6 Å². The van der Waals surface area contributed by atoms with Gasteiger partial charge in [-0.2, -0.15) is 0 Å². The lowest BCUT2D eigenvalue weighted by atomic mass is 10.0. The summed E-state index contributed by atoms with van der Waals surface area (Å²) in [5.74, 6) is -2.61. The van der Waals surface area contributed by atoms with E-state index in [1.807, 2.05) is 30.3 Å². The van der Waals surface area contributed by atoms with Crippen LogP contribution in [-0.2, 0) is 11.2 Å². The van der Waals surface area contributed by atoms with Crippen LogP contribution < -0.4 is 5.32 Å². The molecule has 1 atom stereocenters. The highest BCUT2D eigenvalue weighted by Crippen LogP contribution is 2.14.